The fraction of sp³-hybridized carbons (Fsp3) is 0.375. The molecule has 1 aromatic rings. The Labute approximate surface area is 92.3 Å². The Kier molecular flexibility index (Phi) is 4.25. The summed E-state index contributed by atoms with van der Waals surface area (Å²) in [5.74, 6) is 5.89. The molecule has 3 N–H and O–H groups in total. The van der Waals surface area contributed by atoms with Gasteiger partial charge < -0.3 is 10.2 Å². The maximum Gasteiger partial charge on any atom is 0.234 e. The number of hydrazine groups is 1. The van der Waals surface area contributed by atoms with E-state index in [2.05, 4.69) is 10.4 Å². The van der Waals surface area contributed by atoms with Crippen molar-refractivity contribution in [2.75, 3.05) is 12.0 Å². The number of nitrogens with zero attached hydrogens (tertiary/aromatic N) is 1. The predicted molar refractivity (Wildman–Crippen MR) is 57.9 cm³/mol. The van der Waals surface area contributed by atoms with Crippen LogP contribution in [0.25, 0.3) is 0 Å². The standard InChI is InChI=1S/C8H11Cl2N3O/c1-2-3-14-8-6(10)4-5(9)7(12-8)13-11/h4H,2-3,11H2,1H3,(H,12,13). The van der Waals surface area contributed by atoms with Gasteiger partial charge in [-0.25, -0.2) is 5.84 Å². The Bertz CT molecular complexity index is 320. The number of nitrogens with two attached hydrogens (primary N) is 1. The van der Waals surface area contributed by atoms with Gasteiger partial charge in [0.15, 0.2) is 5.82 Å². The topological polar surface area (TPSA) is 60.2 Å². The number of hydrogen-bond acceptors (Lipinski definition) is 4. The number of rotatable bonds is 4. The summed E-state index contributed by atoms with van der Waals surface area (Å²) in [5, 5.41) is 0.740. The van der Waals surface area contributed by atoms with E-state index in [1.54, 1.807) is 0 Å². The number of ether oxygens (including phenoxy) is 1. The Morgan fingerprint density at radius 3 is 2.79 bits per heavy atom. The number of hydrogen-bond donors (Lipinski definition) is 2. The number of nitrogens with one attached hydrogen (secondary N) is 1. The van der Waals surface area contributed by atoms with Crippen LogP contribution in [0.4, 0.5) is 5.82 Å². The lowest BCUT2D eigenvalue weighted by Gasteiger charge is -2.08. The van der Waals surface area contributed by atoms with Gasteiger partial charge in [0.25, 0.3) is 0 Å². The van der Waals surface area contributed by atoms with Gasteiger partial charge in [-0.15, -0.1) is 0 Å². The average molecular weight is 236 g/mol. The molecule has 0 aliphatic rings. The smallest absolute Gasteiger partial charge is 0.234 e. The highest BCUT2D eigenvalue weighted by Gasteiger charge is 2.08. The molecule has 0 bridgehead atoms. The molecule has 14 heavy (non-hydrogen) atoms. The molecular weight excluding hydrogens is 225 g/mol. The minimum Gasteiger partial charge on any atom is -0.477 e. The molecule has 1 aromatic heterocycles. The van der Waals surface area contributed by atoms with Gasteiger partial charge in [0.05, 0.1) is 11.6 Å². The molecule has 0 aromatic carbocycles. The van der Waals surface area contributed by atoms with E-state index in [0.717, 1.165) is 6.42 Å². The van der Waals surface area contributed by atoms with Crippen LogP contribution in [0.5, 0.6) is 5.88 Å². The third-order valence-corrected chi connectivity index (χ3v) is 2.04. The molecule has 0 saturated heterocycles. The van der Waals surface area contributed by atoms with Gasteiger partial charge in [0, 0.05) is 0 Å². The Morgan fingerprint density at radius 1 is 1.50 bits per heavy atom. The van der Waals surface area contributed by atoms with Gasteiger partial charge in [-0.05, 0) is 12.5 Å². The fourth-order valence-corrected chi connectivity index (χ4v) is 1.32. The van der Waals surface area contributed by atoms with Gasteiger partial charge in [-0.3, -0.25) is 0 Å². The number of aromatic nitrogens is 1. The molecule has 0 amide bonds. The fourth-order valence-electron chi connectivity index (χ4n) is 0.851. The van der Waals surface area contributed by atoms with Gasteiger partial charge in [-0.1, -0.05) is 30.1 Å². The van der Waals surface area contributed by atoms with Crippen LogP contribution in [-0.4, -0.2) is 11.6 Å². The van der Waals surface area contributed by atoms with Crippen molar-refractivity contribution in [2.45, 2.75) is 13.3 Å². The normalized spacial score (nSPS) is 10.0. The summed E-state index contributed by atoms with van der Waals surface area (Å²) in [6.45, 7) is 2.55. The molecule has 6 heteroatoms. The van der Waals surface area contributed by atoms with Gasteiger partial charge in [0.2, 0.25) is 5.88 Å². The summed E-state index contributed by atoms with van der Waals surface area (Å²) < 4.78 is 5.29. The van der Waals surface area contributed by atoms with Crippen molar-refractivity contribution in [3.8, 4) is 5.88 Å². The third-order valence-electron chi connectivity index (χ3n) is 1.48. The molecule has 0 aliphatic carbocycles. The van der Waals surface area contributed by atoms with E-state index in [9.17, 15) is 0 Å². The Balaban J connectivity index is 2.92. The van der Waals surface area contributed by atoms with E-state index < -0.39 is 0 Å². The van der Waals surface area contributed by atoms with Crippen LogP contribution in [0.15, 0.2) is 6.07 Å². The van der Waals surface area contributed by atoms with Crippen LogP contribution >= 0.6 is 23.2 Å². The molecule has 78 valence electrons. The van der Waals surface area contributed by atoms with Crippen molar-refractivity contribution in [2.24, 2.45) is 5.84 Å². The first-order chi connectivity index (χ1) is 6.69. The highest BCUT2D eigenvalue weighted by atomic mass is 35.5. The molecule has 0 unspecified atom stereocenters. The number of nitrogen functional groups attached to an aromatic ring is 1. The van der Waals surface area contributed by atoms with E-state index in [4.69, 9.17) is 33.8 Å². The summed E-state index contributed by atoms with van der Waals surface area (Å²) in [5.41, 5.74) is 2.36. The molecular formula is C8H11Cl2N3O. The second kappa shape index (κ2) is 5.24. The number of pyridine rings is 1. The highest BCUT2D eigenvalue weighted by molar-refractivity contribution is 6.36. The first kappa shape index (κ1) is 11.4. The highest BCUT2D eigenvalue weighted by Crippen LogP contribution is 2.30. The van der Waals surface area contributed by atoms with Crippen molar-refractivity contribution >= 4 is 29.0 Å². The minimum atomic E-state index is 0.339. The summed E-state index contributed by atoms with van der Waals surface area (Å²) in [4.78, 5) is 4.01. The summed E-state index contributed by atoms with van der Waals surface area (Å²) >= 11 is 11.6. The molecule has 0 saturated carbocycles. The second-order valence-corrected chi connectivity index (χ2v) is 3.41. The first-order valence-electron chi connectivity index (χ1n) is 4.14. The SMILES string of the molecule is CCCOc1nc(NN)c(Cl)cc1Cl. The van der Waals surface area contributed by atoms with E-state index in [1.807, 2.05) is 6.92 Å². The molecule has 0 radical (unpaired) electrons. The van der Waals surface area contributed by atoms with Crippen LogP contribution in [0, 0.1) is 0 Å². The lowest BCUT2D eigenvalue weighted by atomic mass is 10.4. The van der Waals surface area contributed by atoms with E-state index in [1.165, 1.54) is 6.07 Å². The molecule has 0 fully saturated rings. The van der Waals surface area contributed by atoms with Crippen molar-refractivity contribution in [3.63, 3.8) is 0 Å². The third kappa shape index (κ3) is 2.64. The number of anilines is 1. The zero-order valence-electron chi connectivity index (χ0n) is 7.68. The average Bonchev–Trinajstić information content (AvgIpc) is 2.17. The van der Waals surface area contributed by atoms with Crippen molar-refractivity contribution in [1.29, 1.82) is 0 Å². The summed E-state index contributed by atoms with van der Waals surface area (Å²) in [6, 6.07) is 1.54. The second-order valence-electron chi connectivity index (χ2n) is 2.60. The zero-order chi connectivity index (χ0) is 10.6. The summed E-state index contributed by atoms with van der Waals surface area (Å²) in [7, 11) is 0. The molecule has 0 aliphatic heterocycles. The van der Waals surface area contributed by atoms with Crippen molar-refractivity contribution in [1.82, 2.24) is 4.98 Å². The monoisotopic (exact) mass is 235 g/mol. The van der Waals surface area contributed by atoms with E-state index in [0.29, 0.717) is 28.3 Å². The van der Waals surface area contributed by atoms with Gasteiger partial charge in [-0.2, -0.15) is 4.98 Å². The minimum absolute atomic E-state index is 0.339. The Hall–Kier alpha value is -0.710. The molecule has 1 heterocycles. The van der Waals surface area contributed by atoms with Crippen molar-refractivity contribution in [3.05, 3.63) is 16.1 Å². The predicted octanol–water partition coefficient (Wildman–Crippen LogP) is 2.46. The van der Waals surface area contributed by atoms with Crippen LogP contribution in [0.1, 0.15) is 13.3 Å². The maximum atomic E-state index is 5.85. The molecule has 4 nitrogen and oxygen atoms in total. The van der Waals surface area contributed by atoms with Crippen LogP contribution < -0.4 is 16.0 Å². The molecule has 0 atom stereocenters. The van der Waals surface area contributed by atoms with E-state index in [-0.39, 0.29) is 0 Å². The molecule has 0 spiro atoms. The lowest BCUT2D eigenvalue weighted by molar-refractivity contribution is 0.306. The largest absolute Gasteiger partial charge is 0.477 e. The first-order valence-corrected chi connectivity index (χ1v) is 4.90. The summed E-state index contributed by atoms with van der Waals surface area (Å²) in [6.07, 6.45) is 0.881. The van der Waals surface area contributed by atoms with Crippen LogP contribution in [0.3, 0.4) is 0 Å². The zero-order valence-corrected chi connectivity index (χ0v) is 9.19. The van der Waals surface area contributed by atoms with Gasteiger partial charge >= 0.3 is 0 Å². The quantitative estimate of drug-likeness (QED) is 0.622. The maximum absolute atomic E-state index is 5.85. The van der Waals surface area contributed by atoms with Crippen molar-refractivity contribution < 1.29 is 4.74 Å². The van der Waals surface area contributed by atoms with Crippen LogP contribution in [0.2, 0.25) is 10.0 Å². The molecule has 1 rings (SSSR count). The van der Waals surface area contributed by atoms with Gasteiger partial charge in [0.1, 0.15) is 5.02 Å². The van der Waals surface area contributed by atoms with Crippen LogP contribution in [-0.2, 0) is 0 Å². The lowest BCUT2D eigenvalue weighted by Crippen LogP contribution is -2.10. The van der Waals surface area contributed by atoms with E-state index >= 15 is 0 Å². The number of halogens is 2. The Morgan fingerprint density at radius 2 is 2.21 bits per heavy atom.